The maximum Gasteiger partial charge on any atom is 0.344 e. The Morgan fingerprint density at radius 2 is 1.17 bits per heavy atom. The summed E-state index contributed by atoms with van der Waals surface area (Å²) in [6.07, 6.45) is 2.47. The molecule has 1 aromatic heterocycles. The fourth-order valence-electron chi connectivity index (χ4n) is 5.72. The van der Waals surface area contributed by atoms with Crippen LogP contribution in [0.2, 0.25) is 0 Å². The van der Waals surface area contributed by atoms with E-state index in [1.165, 1.54) is 0 Å². The second-order valence-electron chi connectivity index (χ2n) is 11.7. The number of fused-ring (bicyclic) bond motifs is 2. The zero-order valence-corrected chi connectivity index (χ0v) is 30.0. The van der Waals surface area contributed by atoms with Gasteiger partial charge >= 0.3 is 11.6 Å². The highest BCUT2D eigenvalue weighted by Gasteiger charge is 2.38. The second-order valence-corrected chi connectivity index (χ2v) is 11.7. The molecule has 0 bridgehead atoms. The molecule has 278 valence electrons. The lowest BCUT2D eigenvalue weighted by Crippen LogP contribution is -2.30. The van der Waals surface area contributed by atoms with E-state index >= 15 is 0 Å². The molecule has 0 N–H and O–H groups in total. The highest BCUT2D eigenvalue weighted by molar-refractivity contribution is 5.85. The Labute approximate surface area is 307 Å². The standard InChI is InChI=1S/C22H24O6.C19H18O6/c1-4-5-19-18-11-10-17(27-14-25-3)12-20(18)28-22(23)21(19)15-6-8-16(9-7-15)26-13-24-2;1-21-11-23-15-6-3-13(4-7-15)17-9-14-5-8-16(24-12-22-2)10-18(14)25-19(17)20/h4,6-12,19,21H,1,5,13-14H2,2-3H3;3-10H,11-12H2,1-2H3. The summed E-state index contributed by atoms with van der Waals surface area (Å²) in [4.78, 5) is 25.2. The molecule has 5 aromatic rings. The smallest absolute Gasteiger partial charge is 0.344 e. The first kappa shape index (κ1) is 38.6. The van der Waals surface area contributed by atoms with Crippen molar-refractivity contribution in [3.8, 4) is 39.9 Å². The molecule has 6 rings (SSSR count). The van der Waals surface area contributed by atoms with Crippen LogP contribution in [0.5, 0.6) is 28.7 Å². The molecule has 12 heteroatoms. The van der Waals surface area contributed by atoms with E-state index < -0.39 is 11.5 Å². The maximum absolute atomic E-state index is 12.9. The Morgan fingerprint density at radius 3 is 1.75 bits per heavy atom. The molecule has 0 aliphatic carbocycles. The van der Waals surface area contributed by atoms with Crippen molar-refractivity contribution in [1.82, 2.24) is 0 Å². The van der Waals surface area contributed by atoms with Gasteiger partial charge in [-0.05, 0) is 71.6 Å². The van der Waals surface area contributed by atoms with E-state index in [0.717, 1.165) is 22.1 Å². The molecular weight excluding hydrogens is 684 g/mol. The van der Waals surface area contributed by atoms with Gasteiger partial charge in [-0.15, -0.1) is 6.58 Å². The van der Waals surface area contributed by atoms with Gasteiger partial charge in [0.25, 0.3) is 0 Å². The molecule has 2 unspecified atom stereocenters. The van der Waals surface area contributed by atoms with Crippen molar-refractivity contribution >= 4 is 16.9 Å². The van der Waals surface area contributed by atoms with E-state index in [-0.39, 0.29) is 39.1 Å². The summed E-state index contributed by atoms with van der Waals surface area (Å²) in [5.74, 6) is 2.22. The molecule has 0 amide bonds. The lowest BCUT2D eigenvalue weighted by molar-refractivity contribution is -0.138. The van der Waals surface area contributed by atoms with Crippen LogP contribution in [-0.2, 0) is 23.7 Å². The zero-order valence-electron chi connectivity index (χ0n) is 30.0. The van der Waals surface area contributed by atoms with E-state index in [9.17, 15) is 9.59 Å². The van der Waals surface area contributed by atoms with Crippen molar-refractivity contribution in [2.24, 2.45) is 0 Å². The fourth-order valence-corrected chi connectivity index (χ4v) is 5.72. The van der Waals surface area contributed by atoms with Gasteiger partial charge < -0.3 is 47.0 Å². The summed E-state index contributed by atoms with van der Waals surface area (Å²) in [6.45, 7) is 4.46. The van der Waals surface area contributed by atoms with Crippen LogP contribution in [-0.4, -0.2) is 61.6 Å². The molecule has 2 heterocycles. The zero-order chi connectivity index (χ0) is 37.6. The summed E-state index contributed by atoms with van der Waals surface area (Å²) in [5, 5.41) is 0.805. The van der Waals surface area contributed by atoms with Gasteiger partial charge in [-0.3, -0.25) is 4.79 Å². The van der Waals surface area contributed by atoms with Crippen LogP contribution in [0.4, 0.5) is 0 Å². The molecule has 1 aliphatic heterocycles. The Hall–Kier alpha value is -5.66. The van der Waals surface area contributed by atoms with Crippen molar-refractivity contribution in [2.45, 2.75) is 18.3 Å². The lowest BCUT2D eigenvalue weighted by Gasteiger charge is -2.32. The van der Waals surface area contributed by atoms with E-state index in [1.807, 2.05) is 48.5 Å². The van der Waals surface area contributed by atoms with Gasteiger partial charge in [-0.25, -0.2) is 4.79 Å². The van der Waals surface area contributed by atoms with Crippen LogP contribution in [0.1, 0.15) is 29.4 Å². The van der Waals surface area contributed by atoms with Crippen LogP contribution in [0.3, 0.4) is 0 Å². The van der Waals surface area contributed by atoms with Gasteiger partial charge in [0.1, 0.15) is 34.3 Å². The molecule has 2 atom stereocenters. The number of hydrogen-bond donors (Lipinski definition) is 0. The number of allylic oxidation sites excluding steroid dienone is 1. The van der Waals surface area contributed by atoms with Crippen molar-refractivity contribution in [1.29, 1.82) is 0 Å². The van der Waals surface area contributed by atoms with E-state index in [0.29, 0.717) is 46.3 Å². The van der Waals surface area contributed by atoms with Gasteiger partial charge in [0.05, 0.1) is 11.5 Å². The number of methoxy groups -OCH3 is 4. The molecule has 0 radical (unpaired) electrons. The summed E-state index contributed by atoms with van der Waals surface area (Å²) in [6, 6.07) is 27.2. The van der Waals surface area contributed by atoms with Gasteiger partial charge in [0.2, 0.25) is 0 Å². The quantitative estimate of drug-likeness (QED) is 0.0329. The summed E-state index contributed by atoms with van der Waals surface area (Å²) in [7, 11) is 6.21. The first-order valence-corrected chi connectivity index (χ1v) is 16.6. The van der Waals surface area contributed by atoms with Gasteiger partial charge in [-0.2, -0.15) is 0 Å². The van der Waals surface area contributed by atoms with Crippen LogP contribution in [0, 0.1) is 0 Å². The maximum atomic E-state index is 12.9. The second kappa shape index (κ2) is 19.3. The normalized spacial score (nSPS) is 14.7. The largest absolute Gasteiger partial charge is 0.468 e. The Bertz CT molecular complexity index is 2000. The minimum Gasteiger partial charge on any atom is -0.468 e. The van der Waals surface area contributed by atoms with Crippen LogP contribution in [0.25, 0.3) is 22.1 Å². The highest BCUT2D eigenvalue weighted by Crippen LogP contribution is 2.46. The summed E-state index contributed by atoms with van der Waals surface area (Å²) < 4.78 is 52.2. The Balaban J connectivity index is 0.000000206. The van der Waals surface area contributed by atoms with E-state index in [4.69, 9.17) is 47.0 Å². The fraction of sp³-hybridized carbons (Fsp3) is 0.268. The van der Waals surface area contributed by atoms with Gasteiger partial charge in [-0.1, -0.05) is 36.4 Å². The number of esters is 1. The van der Waals surface area contributed by atoms with E-state index in [2.05, 4.69) is 6.58 Å². The number of rotatable bonds is 16. The van der Waals surface area contributed by atoms with Crippen molar-refractivity contribution < 1.29 is 51.8 Å². The van der Waals surface area contributed by atoms with Gasteiger partial charge in [0, 0.05) is 51.9 Å². The van der Waals surface area contributed by atoms with Crippen molar-refractivity contribution in [2.75, 3.05) is 55.6 Å². The summed E-state index contributed by atoms with van der Waals surface area (Å²) >= 11 is 0. The number of carbonyl (C=O) groups excluding carboxylic acids is 1. The molecule has 1 aliphatic rings. The molecule has 4 aromatic carbocycles. The molecule has 12 nitrogen and oxygen atoms in total. The topological polar surface area (TPSA) is 130 Å². The Morgan fingerprint density at radius 1 is 0.642 bits per heavy atom. The van der Waals surface area contributed by atoms with E-state index in [1.54, 1.807) is 77.0 Å². The third-order valence-corrected chi connectivity index (χ3v) is 8.16. The van der Waals surface area contributed by atoms with Crippen LogP contribution in [0.15, 0.2) is 113 Å². The number of carbonyl (C=O) groups is 1. The molecule has 0 saturated carbocycles. The molecule has 0 fully saturated rings. The van der Waals surface area contributed by atoms with Crippen LogP contribution < -0.4 is 29.3 Å². The first-order chi connectivity index (χ1) is 25.9. The lowest BCUT2D eigenvalue weighted by atomic mass is 9.77. The molecule has 53 heavy (non-hydrogen) atoms. The number of hydrogen-bond acceptors (Lipinski definition) is 12. The average molecular weight is 727 g/mol. The van der Waals surface area contributed by atoms with Crippen LogP contribution >= 0.6 is 0 Å². The monoisotopic (exact) mass is 726 g/mol. The summed E-state index contributed by atoms with van der Waals surface area (Å²) in [5.41, 5.74) is 3.10. The first-order valence-electron chi connectivity index (χ1n) is 16.6. The molecule has 0 spiro atoms. The minimum atomic E-state index is -0.423. The molecular formula is C41H42O12. The average Bonchev–Trinajstić information content (AvgIpc) is 3.18. The Kier molecular flexibility index (Phi) is 14.0. The van der Waals surface area contributed by atoms with Crippen molar-refractivity contribution in [3.63, 3.8) is 0 Å². The highest BCUT2D eigenvalue weighted by atomic mass is 16.7. The van der Waals surface area contributed by atoms with Crippen molar-refractivity contribution in [3.05, 3.63) is 125 Å². The third kappa shape index (κ3) is 10.0. The molecule has 0 saturated heterocycles. The number of ether oxygens (including phenoxy) is 9. The SMILES string of the molecule is C=CCC1c2ccc(OCOC)cc2OC(=O)C1c1ccc(OCOC)cc1.COCOc1ccc(-c2cc3ccc(OCOC)cc3oc2=O)cc1. The predicted molar refractivity (Wildman–Crippen MR) is 197 cm³/mol. The predicted octanol–water partition coefficient (Wildman–Crippen LogP) is 7.44. The third-order valence-electron chi connectivity index (χ3n) is 8.16. The number of benzene rings is 4. The van der Waals surface area contributed by atoms with Gasteiger partial charge in [0.15, 0.2) is 27.2 Å². The minimum absolute atomic E-state index is 0.0732.